The molecule has 0 aliphatic carbocycles. The molecule has 1 fully saturated rings. The molecule has 0 bridgehead atoms. The normalized spacial score (nSPS) is 19.2. The van der Waals surface area contributed by atoms with Crippen molar-refractivity contribution < 1.29 is 39.8 Å². The minimum atomic E-state index is -1.56. The van der Waals surface area contributed by atoms with E-state index in [-0.39, 0.29) is 12.5 Å². The Balaban J connectivity index is 2.03. The van der Waals surface area contributed by atoms with E-state index in [0.29, 0.717) is 6.42 Å². The van der Waals surface area contributed by atoms with E-state index in [9.17, 15) is 30.3 Å². The van der Waals surface area contributed by atoms with E-state index >= 15 is 0 Å². The van der Waals surface area contributed by atoms with E-state index in [1.54, 1.807) is 6.08 Å². The van der Waals surface area contributed by atoms with Crippen LogP contribution in [0.3, 0.4) is 0 Å². The van der Waals surface area contributed by atoms with Crippen molar-refractivity contribution in [3.63, 3.8) is 0 Å². The Hall–Kier alpha value is -1.07. The molecule has 71 heavy (non-hydrogen) atoms. The van der Waals surface area contributed by atoms with Crippen LogP contribution in [0.4, 0.5) is 0 Å². The van der Waals surface area contributed by atoms with Gasteiger partial charge in [-0.1, -0.05) is 309 Å². The number of ether oxygens (including phenoxy) is 2. The van der Waals surface area contributed by atoms with Gasteiger partial charge in [0.1, 0.15) is 24.4 Å². The van der Waals surface area contributed by atoms with Crippen LogP contribution in [-0.4, -0.2) is 87.5 Å². The van der Waals surface area contributed by atoms with Crippen LogP contribution in [0.5, 0.6) is 0 Å². The molecular weight excluding hydrogens is 887 g/mol. The Kier molecular flexibility index (Phi) is 50.1. The first kappa shape index (κ1) is 67.9. The van der Waals surface area contributed by atoms with Gasteiger partial charge in [-0.25, -0.2) is 0 Å². The highest BCUT2D eigenvalue weighted by atomic mass is 16.7. The van der Waals surface area contributed by atoms with Gasteiger partial charge in [0.15, 0.2) is 6.29 Å². The predicted octanol–water partition coefficient (Wildman–Crippen LogP) is 16.0. The van der Waals surface area contributed by atoms with Gasteiger partial charge in [0.2, 0.25) is 5.91 Å². The molecule has 1 aliphatic heterocycles. The first-order valence-corrected chi connectivity index (χ1v) is 31.4. The van der Waals surface area contributed by atoms with Gasteiger partial charge >= 0.3 is 0 Å². The summed E-state index contributed by atoms with van der Waals surface area (Å²) in [5.41, 5.74) is 0. The number of aliphatic hydroxyl groups excluding tert-OH is 5. The van der Waals surface area contributed by atoms with Crippen LogP contribution in [0.15, 0.2) is 12.2 Å². The fraction of sp³-hybridized carbons (Fsp3) is 0.952. The van der Waals surface area contributed by atoms with Crippen molar-refractivity contribution >= 4 is 5.91 Å². The Morgan fingerprint density at radius 2 is 0.775 bits per heavy atom. The minimum absolute atomic E-state index is 0.171. The summed E-state index contributed by atoms with van der Waals surface area (Å²) in [5, 5.41) is 54.4. The lowest BCUT2D eigenvalue weighted by atomic mass is 9.99. The Bertz CT molecular complexity index is 1120. The van der Waals surface area contributed by atoms with Gasteiger partial charge in [0.05, 0.1) is 25.4 Å². The number of carbonyl (C=O) groups is 1. The second-order valence-electron chi connectivity index (χ2n) is 22.2. The van der Waals surface area contributed by atoms with Gasteiger partial charge in [-0.3, -0.25) is 4.79 Å². The molecule has 1 heterocycles. The standard InChI is InChI=1S/C62H121NO8/c1-3-5-7-9-11-13-15-17-18-19-20-21-22-23-24-25-26-27-28-29-30-31-32-33-34-35-36-37-38-39-40-42-44-46-48-50-52-58(66)63-55(54-70-62-61(69)60(68)59(67)57(53-64)71-62)56(65)51-49-47-45-43-41-16-14-12-10-8-6-4-2/h49,51,55-57,59-62,64-65,67-69H,3-48,50,52-54H2,1-2H3,(H,63,66)/b51-49+/t55-,56+,57+,59-,60?,61?,62+/m0/s1. The van der Waals surface area contributed by atoms with Gasteiger partial charge in [-0.15, -0.1) is 0 Å². The van der Waals surface area contributed by atoms with Crippen molar-refractivity contribution in [1.82, 2.24) is 5.32 Å². The summed E-state index contributed by atoms with van der Waals surface area (Å²) >= 11 is 0. The first-order valence-electron chi connectivity index (χ1n) is 31.4. The highest BCUT2D eigenvalue weighted by Crippen LogP contribution is 2.23. The number of allylic oxidation sites excluding steroid dienone is 1. The third-order valence-corrected chi connectivity index (χ3v) is 15.4. The van der Waals surface area contributed by atoms with E-state index in [4.69, 9.17) is 9.47 Å². The van der Waals surface area contributed by atoms with Crippen LogP contribution in [-0.2, 0) is 14.3 Å². The largest absolute Gasteiger partial charge is 0.394 e. The lowest BCUT2D eigenvalue weighted by Crippen LogP contribution is -2.60. The maximum absolute atomic E-state index is 13.0. The van der Waals surface area contributed by atoms with E-state index in [1.165, 1.54) is 263 Å². The van der Waals surface area contributed by atoms with Gasteiger partial charge in [0, 0.05) is 6.42 Å². The zero-order chi connectivity index (χ0) is 51.5. The molecule has 6 N–H and O–H groups in total. The average molecular weight is 1010 g/mol. The van der Waals surface area contributed by atoms with E-state index in [2.05, 4.69) is 19.2 Å². The van der Waals surface area contributed by atoms with Gasteiger partial charge in [-0.05, 0) is 19.3 Å². The van der Waals surface area contributed by atoms with E-state index < -0.39 is 49.5 Å². The topological polar surface area (TPSA) is 149 Å². The summed E-state index contributed by atoms with van der Waals surface area (Å²) in [7, 11) is 0. The van der Waals surface area contributed by atoms with Crippen molar-refractivity contribution in [2.45, 2.75) is 365 Å². The molecule has 1 saturated heterocycles. The average Bonchev–Trinajstić information content (AvgIpc) is 3.37. The molecular formula is C62H121NO8. The number of amides is 1. The van der Waals surface area contributed by atoms with Crippen LogP contribution < -0.4 is 5.32 Å². The molecule has 1 aliphatic rings. The number of aliphatic hydroxyl groups is 5. The molecule has 0 spiro atoms. The molecule has 2 unspecified atom stereocenters. The molecule has 1 amide bonds. The molecule has 0 radical (unpaired) electrons. The third-order valence-electron chi connectivity index (χ3n) is 15.4. The summed E-state index contributed by atoms with van der Waals surface area (Å²) in [6.07, 6.45) is 59.0. The summed E-state index contributed by atoms with van der Waals surface area (Å²) in [6, 6.07) is -0.799. The number of hydrogen-bond donors (Lipinski definition) is 6. The maximum Gasteiger partial charge on any atom is 0.220 e. The van der Waals surface area contributed by atoms with Crippen molar-refractivity contribution in [1.29, 1.82) is 0 Å². The number of rotatable bonds is 55. The van der Waals surface area contributed by atoms with Crippen molar-refractivity contribution in [3.8, 4) is 0 Å². The zero-order valence-electron chi connectivity index (χ0n) is 47.0. The van der Waals surface area contributed by atoms with Crippen LogP contribution in [0, 0.1) is 0 Å². The van der Waals surface area contributed by atoms with E-state index in [1.807, 2.05) is 6.08 Å². The first-order chi connectivity index (χ1) is 34.8. The van der Waals surface area contributed by atoms with Crippen molar-refractivity contribution in [2.24, 2.45) is 0 Å². The smallest absolute Gasteiger partial charge is 0.220 e. The third kappa shape index (κ3) is 41.8. The number of carbonyl (C=O) groups excluding carboxylic acids is 1. The second kappa shape index (κ2) is 52.4. The predicted molar refractivity (Wildman–Crippen MR) is 300 cm³/mol. The van der Waals surface area contributed by atoms with Crippen LogP contribution in [0.2, 0.25) is 0 Å². The summed E-state index contributed by atoms with van der Waals surface area (Å²) in [4.78, 5) is 13.0. The molecule has 422 valence electrons. The van der Waals surface area contributed by atoms with Crippen molar-refractivity contribution in [2.75, 3.05) is 13.2 Å². The Labute approximate surface area is 439 Å². The molecule has 0 aromatic rings. The number of unbranched alkanes of at least 4 members (excludes halogenated alkanes) is 45. The summed E-state index contributed by atoms with van der Waals surface area (Å²) < 4.78 is 11.3. The van der Waals surface area contributed by atoms with Gasteiger partial charge in [-0.2, -0.15) is 0 Å². The highest BCUT2D eigenvalue weighted by Gasteiger charge is 2.44. The summed E-state index contributed by atoms with van der Waals surface area (Å²) in [5.74, 6) is -0.171. The molecule has 9 nitrogen and oxygen atoms in total. The fourth-order valence-electron chi connectivity index (χ4n) is 10.4. The maximum atomic E-state index is 13.0. The second-order valence-corrected chi connectivity index (χ2v) is 22.2. The lowest BCUT2D eigenvalue weighted by molar-refractivity contribution is -0.302. The Morgan fingerprint density at radius 3 is 1.10 bits per heavy atom. The zero-order valence-corrected chi connectivity index (χ0v) is 47.0. The Morgan fingerprint density at radius 1 is 0.465 bits per heavy atom. The molecule has 1 rings (SSSR count). The van der Waals surface area contributed by atoms with Crippen LogP contribution in [0.25, 0.3) is 0 Å². The monoisotopic (exact) mass is 1010 g/mol. The van der Waals surface area contributed by atoms with Gasteiger partial charge in [0.25, 0.3) is 0 Å². The molecule has 0 aromatic carbocycles. The van der Waals surface area contributed by atoms with E-state index in [0.717, 1.165) is 38.5 Å². The molecule has 0 aromatic heterocycles. The van der Waals surface area contributed by atoms with Crippen molar-refractivity contribution in [3.05, 3.63) is 12.2 Å². The fourth-order valence-corrected chi connectivity index (χ4v) is 10.4. The van der Waals surface area contributed by atoms with Crippen LogP contribution >= 0.6 is 0 Å². The van der Waals surface area contributed by atoms with Gasteiger partial charge < -0.3 is 40.3 Å². The quantitative estimate of drug-likeness (QED) is 0.0261. The number of hydrogen-bond acceptors (Lipinski definition) is 8. The summed E-state index contributed by atoms with van der Waals surface area (Å²) in [6.45, 7) is 3.80. The number of nitrogens with one attached hydrogen (secondary N) is 1. The molecule has 9 heteroatoms. The molecule has 0 saturated carbocycles. The SMILES string of the molecule is CCCCCCCCCCCC/C=C/[C@@H](O)[C@H](CO[C@@H]1O[C@H](CO)[C@H](O)C(O)C1O)NC(=O)CCCCCCCCCCCCCCCCCCCCCCCCCCCCCCCCCCCCCC. The molecule has 7 atom stereocenters. The highest BCUT2D eigenvalue weighted by molar-refractivity contribution is 5.76. The van der Waals surface area contributed by atoms with Crippen LogP contribution in [0.1, 0.15) is 322 Å². The minimum Gasteiger partial charge on any atom is -0.394 e. The lowest BCUT2D eigenvalue weighted by Gasteiger charge is -2.40.